The molecule has 1 aromatic carbocycles. The van der Waals surface area contributed by atoms with Gasteiger partial charge in [-0.3, -0.25) is 0 Å². The van der Waals surface area contributed by atoms with Gasteiger partial charge in [-0.2, -0.15) is 0 Å². The first-order valence-electron chi connectivity index (χ1n) is 7.02. The maximum Gasteiger partial charge on any atom is 0.0919 e. The van der Waals surface area contributed by atoms with Gasteiger partial charge in [-0.15, -0.1) is 0 Å². The summed E-state index contributed by atoms with van der Waals surface area (Å²) in [5.41, 5.74) is 1.30. The van der Waals surface area contributed by atoms with Crippen molar-refractivity contribution in [2.24, 2.45) is 0 Å². The van der Waals surface area contributed by atoms with Crippen molar-refractivity contribution in [1.82, 2.24) is 10.6 Å². The maximum atomic E-state index is 4.09. The molecule has 2 N–H and O–H groups in total. The van der Waals surface area contributed by atoms with Crippen molar-refractivity contribution < 1.29 is 0 Å². The van der Waals surface area contributed by atoms with Gasteiger partial charge in [-0.25, -0.2) is 0 Å². The van der Waals surface area contributed by atoms with Gasteiger partial charge in [-0.05, 0) is 25.3 Å². The Hall–Kier alpha value is -1.44. The van der Waals surface area contributed by atoms with Crippen LogP contribution in [0.5, 0.6) is 0 Å². The summed E-state index contributed by atoms with van der Waals surface area (Å²) < 4.78 is 0. The number of rotatable bonds is 5. The molecule has 18 heavy (non-hydrogen) atoms. The lowest BCUT2D eigenvalue weighted by Gasteiger charge is -2.27. The summed E-state index contributed by atoms with van der Waals surface area (Å²) in [6.45, 7) is 6.26. The molecule has 0 spiro atoms. The minimum absolute atomic E-state index is 0.301. The van der Waals surface area contributed by atoms with E-state index < -0.39 is 0 Å². The summed E-state index contributed by atoms with van der Waals surface area (Å²) in [5.74, 6) is 0.957. The molecule has 2 heteroatoms. The first-order valence-corrected chi connectivity index (χ1v) is 7.02. The summed E-state index contributed by atoms with van der Waals surface area (Å²) in [6.07, 6.45) is 6.64. The quantitative estimate of drug-likeness (QED) is 0.824. The van der Waals surface area contributed by atoms with E-state index in [2.05, 4.69) is 48.4 Å². The van der Waals surface area contributed by atoms with E-state index in [1.54, 1.807) is 0 Å². The average Bonchev–Trinajstić information content (AvgIpc) is 2.40. The van der Waals surface area contributed by atoms with Crippen molar-refractivity contribution >= 4 is 0 Å². The molecule has 0 aromatic heterocycles. The third-order valence-electron chi connectivity index (χ3n) is 3.67. The SMILES string of the molecule is C=C(NC1CCCCC1)NC(C)c1ccccc1. The van der Waals surface area contributed by atoms with Crippen molar-refractivity contribution in [3.8, 4) is 0 Å². The Morgan fingerprint density at radius 2 is 1.83 bits per heavy atom. The standard InChI is InChI=1S/C16H24N2/c1-13(15-9-5-3-6-10-15)17-14(2)18-16-11-7-4-8-12-16/h3,5-6,9-10,13,16-18H,2,4,7-8,11-12H2,1H3. The van der Waals surface area contributed by atoms with E-state index in [1.165, 1.54) is 37.7 Å². The van der Waals surface area contributed by atoms with Crippen LogP contribution in [0.2, 0.25) is 0 Å². The Morgan fingerprint density at radius 3 is 2.50 bits per heavy atom. The minimum atomic E-state index is 0.301. The second kappa shape index (κ2) is 6.48. The van der Waals surface area contributed by atoms with E-state index >= 15 is 0 Å². The minimum Gasteiger partial charge on any atom is -0.370 e. The highest BCUT2D eigenvalue weighted by Crippen LogP contribution is 2.18. The van der Waals surface area contributed by atoms with Crippen LogP contribution in [-0.2, 0) is 0 Å². The molecule has 1 aromatic rings. The molecule has 2 nitrogen and oxygen atoms in total. The molecule has 1 aliphatic rings. The molecule has 0 amide bonds. The molecule has 1 atom stereocenters. The van der Waals surface area contributed by atoms with Crippen LogP contribution >= 0.6 is 0 Å². The Kier molecular flexibility index (Phi) is 4.68. The third-order valence-corrected chi connectivity index (χ3v) is 3.67. The zero-order valence-electron chi connectivity index (χ0n) is 11.3. The van der Waals surface area contributed by atoms with Gasteiger partial charge in [-0.1, -0.05) is 56.2 Å². The normalized spacial score (nSPS) is 18.1. The van der Waals surface area contributed by atoms with Crippen LogP contribution in [0.1, 0.15) is 50.6 Å². The molecule has 98 valence electrons. The van der Waals surface area contributed by atoms with Crippen molar-refractivity contribution in [2.75, 3.05) is 0 Å². The van der Waals surface area contributed by atoms with Crippen LogP contribution in [0.25, 0.3) is 0 Å². The van der Waals surface area contributed by atoms with Gasteiger partial charge in [0.15, 0.2) is 0 Å². The molecule has 0 heterocycles. The topological polar surface area (TPSA) is 24.1 Å². The lowest BCUT2D eigenvalue weighted by molar-refractivity contribution is 0.384. The first-order chi connectivity index (χ1) is 8.75. The van der Waals surface area contributed by atoms with Crippen LogP contribution in [0.3, 0.4) is 0 Å². The van der Waals surface area contributed by atoms with Crippen molar-refractivity contribution in [2.45, 2.75) is 51.1 Å². The van der Waals surface area contributed by atoms with E-state index in [9.17, 15) is 0 Å². The molecule has 1 saturated carbocycles. The van der Waals surface area contributed by atoms with Gasteiger partial charge in [0.25, 0.3) is 0 Å². The fourth-order valence-electron chi connectivity index (χ4n) is 2.62. The second-order valence-corrected chi connectivity index (χ2v) is 5.23. The molecule has 0 aliphatic heterocycles. The fourth-order valence-corrected chi connectivity index (χ4v) is 2.62. The molecular weight excluding hydrogens is 220 g/mol. The molecule has 0 saturated heterocycles. The van der Waals surface area contributed by atoms with Crippen LogP contribution in [0.15, 0.2) is 42.7 Å². The van der Waals surface area contributed by atoms with Crippen LogP contribution in [0, 0.1) is 0 Å². The lowest BCUT2D eigenvalue weighted by atomic mass is 9.95. The molecule has 0 radical (unpaired) electrons. The fraction of sp³-hybridized carbons (Fsp3) is 0.500. The van der Waals surface area contributed by atoms with Crippen molar-refractivity contribution in [1.29, 1.82) is 0 Å². The number of hydrogen-bond donors (Lipinski definition) is 2. The Morgan fingerprint density at radius 1 is 1.17 bits per heavy atom. The predicted octanol–water partition coefficient (Wildman–Crippen LogP) is 3.73. The Labute approximate surface area is 110 Å². The largest absolute Gasteiger partial charge is 0.370 e. The summed E-state index contributed by atoms with van der Waals surface area (Å²) in [4.78, 5) is 0. The van der Waals surface area contributed by atoms with Gasteiger partial charge in [0.05, 0.1) is 5.82 Å². The zero-order valence-corrected chi connectivity index (χ0v) is 11.3. The Balaban J connectivity index is 1.80. The molecule has 1 unspecified atom stereocenters. The lowest BCUT2D eigenvalue weighted by Crippen LogP contribution is -2.36. The van der Waals surface area contributed by atoms with E-state index in [-0.39, 0.29) is 0 Å². The highest BCUT2D eigenvalue weighted by atomic mass is 15.1. The first kappa shape index (κ1) is 13.0. The van der Waals surface area contributed by atoms with E-state index in [0.717, 1.165) is 5.82 Å². The van der Waals surface area contributed by atoms with Gasteiger partial charge in [0.2, 0.25) is 0 Å². The van der Waals surface area contributed by atoms with Crippen LogP contribution in [0.4, 0.5) is 0 Å². The molecule has 2 rings (SSSR count). The molecular formula is C16H24N2. The predicted molar refractivity (Wildman–Crippen MR) is 77.1 cm³/mol. The van der Waals surface area contributed by atoms with Crippen LogP contribution in [-0.4, -0.2) is 6.04 Å². The van der Waals surface area contributed by atoms with E-state index in [1.807, 2.05) is 6.07 Å². The van der Waals surface area contributed by atoms with Gasteiger partial charge in [0.1, 0.15) is 0 Å². The molecule has 0 bridgehead atoms. The highest BCUT2D eigenvalue weighted by molar-refractivity contribution is 5.19. The van der Waals surface area contributed by atoms with E-state index in [4.69, 9.17) is 0 Å². The smallest absolute Gasteiger partial charge is 0.0919 e. The van der Waals surface area contributed by atoms with Gasteiger partial charge >= 0.3 is 0 Å². The molecule has 1 fully saturated rings. The summed E-state index contributed by atoms with van der Waals surface area (Å²) in [5, 5.41) is 6.95. The second-order valence-electron chi connectivity index (χ2n) is 5.23. The zero-order chi connectivity index (χ0) is 12.8. The third kappa shape index (κ3) is 3.80. The average molecular weight is 244 g/mol. The molecule has 1 aliphatic carbocycles. The van der Waals surface area contributed by atoms with Gasteiger partial charge in [0, 0.05) is 12.1 Å². The van der Waals surface area contributed by atoms with Crippen molar-refractivity contribution in [3.05, 3.63) is 48.3 Å². The van der Waals surface area contributed by atoms with Gasteiger partial charge < -0.3 is 10.6 Å². The number of nitrogens with one attached hydrogen (secondary N) is 2. The summed E-state index contributed by atoms with van der Waals surface area (Å²) in [7, 11) is 0. The summed E-state index contributed by atoms with van der Waals surface area (Å²) >= 11 is 0. The maximum absolute atomic E-state index is 4.09. The summed E-state index contributed by atoms with van der Waals surface area (Å²) in [6, 6.07) is 11.4. The number of hydrogen-bond acceptors (Lipinski definition) is 2. The number of benzene rings is 1. The van der Waals surface area contributed by atoms with Crippen molar-refractivity contribution in [3.63, 3.8) is 0 Å². The van der Waals surface area contributed by atoms with Crippen LogP contribution < -0.4 is 10.6 Å². The highest BCUT2D eigenvalue weighted by Gasteiger charge is 2.14. The Bertz CT molecular complexity index is 366. The van der Waals surface area contributed by atoms with E-state index in [0.29, 0.717) is 12.1 Å². The monoisotopic (exact) mass is 244 g/mol.